The minimum atomic E-state index is -0.929. The number of pyridine rings is 2. The van der Waals surface area contributed by atoms with Gasteiger partial charge in [-0.05, 0) is 36.6 Å². The van der Waals surface area contributed by atoms with E-state index in [1.54, 1.807) is 6.07 Å². The van der Waals surface area contributed by atoms with Crippen molar-refractivity contribution in [2.75, 3.05) is 0 Å². The molecule has 1 aliphatic carbocycles. The number of nitrogens with zero attached hydrogens (tertiary/aromatic N) is 2. The number of rotatable bonds is 4. The number of aromatic carboxylic acids is 1. The van der Waals surface area contributed by atoms with E-state index in [9.17, 15) is 4.79 Å². The molecule has 1 atom stereocenters. The Hall–Kier alpha value is -2.27. The van der Waals surface area contributed by atoms with Crippen LogP contribution in [0.3, 0.4) is 0 Å². The number of nitrogens with one attached hydrogen (secondary N) is 1. The maximum absolute atomic E-state index is 10.9. The van der Waals surface area contributed by atoms with Crippen molar-refractivity contribution in [3.63, 3.8) is 0 Å². The van der Waals surface area contributed by atoms with Crippen LogP contribution < -0.4 is 5.32 Å². The van der Waals surface area contributed by atoms with Crippen LogP contribution in [0.15, 0.2) is 36.7 Å². The standard InChI is InChI=1S/C15H15N3O2/c19-15(20)11-5-7-16-12(8-11)9-18-13-4-3-10-2-1-6-17-14(10)13/h1-2,5-8,13,18H,3-4,9H2,(H,19,20). The molecule has 5 nitrogen and oxygen atoms in total. The van der Waals surface area contributed by atoms with E-state index in [1.807, 2.05) is 12.3 Å². The summed E-state index contributed by atoms with van der Waals surface area (Å²) in [4.78, 5) is 19.5. The first-order valence-electron chi connectivity index (χ1n) is 6.59. The molecule has 0 aromatic carbocycles. The van der Waals surface area contributed by atoms with Crippen LogP contribution in [0, 0.1) is 0 Å². The molecular formula is C15H15N3O2. The SMILES string of the molecule is O=C(O)c1ccnc(CNC2CCc3cccnc32)c1. The van der Waals surface area contributed by atoms with Crippen molar-refractivity contribution in [1.29, 1.82) is 0 Å². The Kier molecular flexibility index (Phi) is 3.43. The van der Waals surface area contributed by atoms with Gasteiger partial charge in [-0.1, -0.05) is 6.07 Å². The highest BCUT2D eigenvalue weighted by Gasteiger charge is 2.22. The molecule has 3 rings (SSSR count). The molecule has 0 saturated heterocycles. The lowest BCUT2D eigenvalue weighted by Crippen LogP contribution is -2.20. The zero-order valence-electron chi connectivity index (χ0n) is 10.9. The Labute approximate surface area is 116 Å². The van der Waals surface area contributed by atoms with Crippen LogP contribution in [-0.2, 0) is 13.0 Å². The van der Waals surface area contributed by atoms with Gasteiger partial charge in [-0.3, -0.25) is 9.97 Å². The Morgan fingerprint density at radius 2 is 2.25 bits per heavy atom. The van der Waals surface area contributed by atoms with Crippen molar-refractivity contribution in [2.24, 2.45) is 0 Å². The Balaban J connectivity index is 1.69. The number of hydrogen-bond acceptors (Lipinski definition) is 4. The van der Waals surface area contributed by atoms with Crippen molar-refractivity contribution in [3.8, 4) is 0 Å². The van der Waals surface area contributed by atoms with Crippen LogP contribution in [0.25, 0.3) is 0 Å². The fourth-order valence-electron chi connectivity index (χ4n) is 2.55. The number of aromatic nitrogens is 2. The highest BCUT2D eigenvalue weighted by atomic mass is 16.4. The molecule has 2 aromatic rings. The van der Waals surface area contributed by atoms with Crippen LogP contribution in [0.2, 0.25) is 0 Å². The third kappa shape index (κ3) is 2.53. The maximum atomic E-state index is 10.9. The van der Waals surface area contributed by atoms with Crippen LogP contribution in [-0.4, -0.2) is 21.0 Å². The van der Waals surface area contributed by atoms with Crippen LogP contribution in [0.4, 0.5) is 0 Å². The predicted octanol–water partition coefficient (Wildman–Crippen LogP) is 1.95. The smallest absolute Gasteiger partial charge is 0.335 e. The van der Waals surface area contributed by atoms with E-state index in [4.69, 9.17) is 5.11 Å². The van der Waals surface area contributed by atoms with Crippen molar-refractivity contribution in [1.82, 2.24) is 15.3 Å². The minimum absolute atomic E-state index is 0.224. The van der Waals surface area contributed by atoms with E-state index in [0.717, 1.165) is 24.2 Å². The zero-order chi connectivity index (χ0) is 13.9. The van der Waals surface area contributed by atoms with E-state index < -0.39 is 5.97 Å². The minimum Gasteiger partial charge on any atom is -0.478 e. The molecule has 0 saturated carbocycles. The fourth-order valence-corrected chi connectivity index (χ4v) is 2.55. The molecule has 0 aliphatic heterocycles. The van der Waals surface area contributed by atoms with Gasteiger partial charge < -0.3 is 10.4 Å². The molecule has 1 aliphatic rings. The molecule has 5 heteroatoms. The second-order valence-corrected chi connectivity index (χ2v) is 4.86. The van der Waals surface area contributed by atoms with Gasteiger partial charge in [-0.15, -0.1) is 0 Å². The summed E-state index contributed by atoms with van der Waals surface area (Å²) in [6, 6.07) is 7.38. The summed E-state index contributed by atoms with van der Waals surface area (Å²) in [5, 5.41) is 12.4. The third-order valence-electron chi connectivity index (χ3n) is 3.55. The Bertz CT molecular complexity index is 643. The molecule has 2 aromatic heterocycles. The van der Waals surface area contributed by atoms with Crippen molar-refractivity contribution < 1.29 is 9.90 Å². The number of hydrogen-bond donors (Lipinski definition) is 2. The fraction of sp³-hybridized carbons (Fsp3) is 0.267. The van der Waals surface area contributed by atoms with Gasteiger partial charge in [0.1, 0.15) is 0 Å². The van der Waals surface area contributed by atoms with Gasteiger partial charge in [0.15, 0.2) is 0 Å². The molecule has 0 fully saturated rings. The summed E-state index contributed by atoms with van der Waals surface area (Å²) >= 11 is 0. The lowest BCUT2D eigenvalue weighted by atomic mass is 10.2. The number of carboxylic acid groups (broad SMARTS) is 1. The number of aryl methyl sites for hydroxylation is 1. The van der Waals surface area contributed by atoms with Gasteiger partial charge in [0.05, 0.1) is 23.0 Å². The molecule has 0 spiro atoms. The first kappa shape index (κ1) is 12.7. The van der Waals surface area contributed by atoms with E-state index in [-0.39, 0.29) is 11.6 Å². The van der Waals surface area contributed by atoms with E-state index in [0.29, 0.717) is 6.54 Å². The van der Waals surface area contributed by atoms with Gasteiger partial charge in [0, 0.05) is 18.9 Å². The molecule has 2 heterocycles. The summed E-state index contributed by atoms with van der Waals surface area (Å²) < 4.78 is 0. The van der Waals surface area contributed by atoms with Crippen molar-refractivity contribution >= 4 is 5.97 Å². The first-order chi connectivity index (χ1) is 9.74. The Morgan fingerprint density at radius 3 is 3.10 bits per heavy atom. The normalized spacial score (nSPS) is 16.9. The summed E-state index contributed by atoms with van der Waals surface area (Å²) in [5.74, 6) is -0.929. The van der Waals surface area contributed by atoms with Gasteiger partial charge in [-0.2, -0.15) is 0 Å². The molecular weight excluding hydrogens is 254 g/mol. The van der Waals surface area contributed by atoms with Gasteiger partial charge in [0.25, 0.3) is 0 Å². The second-order valence-electron chi connectivity index (χ2n) is 4.86. The quantitative estimate of drug-likeness (QED) is 0.887. The average Bonchev–Trinajstić information content (AvgIpc) is 2.89. The lowest BCUT2D eigenvalue weighted by molar-refractivity contribution is 0.0696. The first-order valence-corrected chi connectivity index (χ1v) is 6.59. The molecule has 0 bridgehead atoms. The molecule has 0 amide bonds. The zero-order valence-corrected chi connectivity index (χ0v) is 10.9. The van der Waals surface area contributed by atoms with E-state index >= 15 is 0 Å². The second kappa shape index (κ2) is 5.38. The van der Waals surface area contributed by atoms with E-state index in [2.05, 4.69) is 21.4 Å². The number of fused-ring (bicyclic) bond motifs is 1. The third-order valence-corrected chi connectivity index (χ3v) is 3.55. The number of carboxylic acids is 1. The highest BCUT2D eigenvalue weighted by molar-refractivity contribution is 5.87. The molecule has 1 unspecified atom stereocenters. The van der Waals surface area contributed by atoms with Gasteiger partial charge >= 0.3 is 5.97 Å². The average molecular weight is 269 g/mol. The summed E-state index contributed by atoms with van der Waals surface area (Å²) in [6.45, 7) is 0.543. The molecule has 2 N–H and O–H groups in total. The van der Waals surface area contributed by atoms with Crippen LogP contribution in [0.1, 0.15) is 39.8 Å². The number of carbonyl (C=O) groups is 1. The maximum Gasteiger partial charge on any atom is 0.335 e. The lowest BCUT2D eigenvalue weighted by Gasteiger charge is -2.12. The van der Waals surface area contributed by atoms with Crippen LogP contribution in [0.5, 0.6) is 0 Å². The topological polar surface area (TPSA) is 75.1 Å². The van der Waals surface area contributed by atoms with Gasteiger partial charge in [-0.25, -0.2) is 4.79 Å². The summed E-state index contributed by atoms with van der Waals surface area (Å²) in [7, 11) is 0. The van der Waals surface area contributed by atoms with Gasteiger partial charge in [0.2, 0.25) is 0 Å². The molecule has 102 valence electrons. The summed E-state index contributed by atoms with van der Waals surface area (Å²) in [5.41, 5.74) is 3.38. The van der Waals surface area contributed by atoms with Crippen molar-refractivity contribution in [3.05, 3.63) is 59.2 Å². The molecule has 0 radical (unpaired) electrons. The Morgan fingerprint density at radius 1 is 1.35 bits per heavy atom. The monoisotopic (exact) mass is 269 g/mol. The summed E-state index contributed by atoms with van der Waals surface area (Å²) in [6.07, 6.45) is 5.39. The highest BCUT2D eigenvalue weighted by Crippen LogP contribution is 2.28. The van der Waals surface area contributed by atoms with Crippen LogP contribution >= 0.6 is 0 Å². The largest absolute Gasteiger partial charge is 0.478 e. The predicted molar refractivity (Wildman–Crippen MR) is 73.3 cm³/mol. The molecule has 20 heavy (non-hydrogen) atoms. The van der Waals surface area contributed by atoms with E-state index in [1.165, 1.54) is 17.8 Å². The van der Waals surface area contributed by atoms with Crippen molar-refractivity contribution in [2.45, 2.75) is 25.4 Å².